The molecule has 3 rings (SSSR count). The SMILES string of the molecule is NC(c1ccc(Br)s1)c1ccnn1-c1ccccc1. The number of nitrogens with two attached hydrogens (primary N) is 1. The van der Waals surface area contributed by atoms with E-state index in [0.717, 1.165) is 20.0 Å². The number of nitrogens with zero attached hydrogens (tertiary/aromatic N) is 2. The quantitative estimate of drug-likeness (QED) is 0.793. The minimum atomic E-state index is -0.168. The van der Waals surface area contributed by atoms with Crippen molar-refractivity contribution in [3.63, 3.8) is 0 Å². The van der Waals surface area contributed by atoms with Crippen LogP contribution in [0.25, 0.3) is 5.69 Å². The van der Waals surface area contributed by atoms with Gasteiger partial charge in [0.15, 0.2) is 0 Å². The minimum Gasteiger partial charge on any atom is -0.318 e. The Bertz CT molecular complexity index is 675. The van der Waals surface area contributed by atoms with Crippen LogP contribution in [0.3, 0.4) is 0 Å². The molecule has 2 aromatic heterocycles. The highest BCUT2D eigenvalue weighted by Gasteiger charge is 2.16. The zero-order valence-corrected chi connectivity index (χ0v) is 12.4. The molecular formula is C14H12BrN3S. The molecule has 2 N–H and O–H groups in total. The van der Waals surface area contributed by atoms with Crippen LogP contribution in [0.2, 0.25) is 0 Å². The lowest BCUT2D eigenvalue weighted by Gasteiger charge is -2.12. The highest BCUT2D eigenvalue weighted by Crippen LogP contribution is 2.30. The third kappa shape index (κ3) is 2.49. The molecule has 0 aliphatic carbocycles. The first-order valence-corrected chi connectivity index (χ1v) is 7.47. The van der Waals surface area contributed by atoms with E-state index in [4.69, 9.17) is 5.73 Å². The first kappa shape index (κ1) is 12.6. The highest BCUT2D eigenvalue weighted by molar-refractivity contribution is 9.11. The van der Waals surface area contributed by atoms with E-state index >= 15 is 0 Å². The van der Waals surface area contributed by atoms with E-state index in [1.54, 1.807) is 17.5 Å². The number of hydrogen-bond acceptors (Lipinski definition) is 3. The normalized spacial score (nSPS) is 12.5. The maximum atomic E-state index is 6.34. The van der Waals surface area contributed by atoms with Crippen molar-refractivity contribution in [3.8, 4) is 5.69 Å². The summed E-state index contributed by atoms with van der Waals surface area (Å²) in [4.78, 5) is 1.12. The summed E-state index contributed by atoms with van der Waals surface area (Å²) in [7, 11) is 0. The van der Waals surface area contributed by atoms with Gasteiger partial charge in [-0.2, -0.15) is 5.10 Å². The standard InChI is InChI=1S/C14H12BrN3S/c15-13-7-6-12(19-13)14(16)11-8-9-17-18(11)10-4-2-1-3-5-10/h1-9,14H,16H2. The van der Waals surface area contributed by atoms with Crippen molar-refractivity contribution >= 4 is 27.3 Å². The highest BCUT2D eigenvalue weighted by atomic mass is 79.9. The maximum absolute atomic E-state index is 6.34. The van der Waals surface area contributed by atoms with E-state index in [2.05, 4.69) is 21.0 Å². The van der Waals surface area contributed by atoms with E-state index in [0.29, 0.717) is 0 Å². The average molecular weight is 334 g/mol. The molecule has 0 radical (unpaired) electrons. The molecule has 1 unspecified atom stereocenters. The van der Waals surface area contributed by atoms with Crippen molar-refractivity contribution in [2.24, 2.45) is 5.73 Å². The molecular weight excluding hydrogens is 322 g/mol. The second kappa shape index (κ2) is 5.28. The predicted molar refractivity (Wildman–Crippen MR) is 81.6 cm³/mol. The number of benzene rings is 1. The summed E-state index contributed by atoms with van der Waals surface area (Å²) < 4.78 is 2.97. The first-order chi connectivity index (χ1) is 9.25. The van der Waals surface area contributed by atoms with Gasteiger partial charge in [0.1, 0.15) is 0 Å². The Balaban J connectivity index is 2.01. The van der Waals surface area contributed by atoms with Gasteiger partial charge in [-0.3, -0.25) is 0 Å². The summed E-state index contributed by atoms with van der Waals surface area (Å²) in [5, 5.41) is 4.37. The fourth-order valence-corrected chi connectivity index (χ4v) is 3.41. The van der Waals surface area contributed by atoms with Crippen molar-refractivity contribution in [1.82, 2.24) is 9.78 Å². The molecule has 3 aromatic rings. The second-order valence-electron chi connectivity index (χ2n) is 4.12. The topological polar surface area (TPSA) is 43.8 Å². The number of rotatable bonds is 3. The molecule has 0 fully saturated rings. The smallest absolute Gasteiger partial charge is 0.0821 e. The van der Waals surface area contributed by atoms with Gasteiger partial charge < -0.3 is 5.73 Å². The summed E-state index contributed by atoms with van der Waals surface area (Å²) in [6, 6.07) is 15.9. The summed E-state index contributed by atoms with van der Waals surface area (Å²) >= 11 is 5.12. The maximum Gasteiger partial charge on any atom is 0.0821 e. The first-order valence-electron chi connectivity index (χ1n) is 5.86. The number of hydrogen-bond donors (Lipinski definition) is 1. The lowest BCUT2D eigenvalue weighted by atomic mass is 10.2. The van der Waals surface area contributed by atoms with E-state index in [-0.39, 0.29) is 6.04 Å². The van der Waals surface area contributed by atoms with Gasteiger partial charge in [-0.25, -0.2) is 4.68 Å². The largest absolute Gasteiger partial charge is 0.318 e. The zero-order chi connectivity index (χ0) is 13.2. The van der Waals surface area contributed by atoms with Crippen LogP contribution in [0.1, 0.15) is 16.6 Å². The Morgan fingerprint density at radius 1 is 1.11 bits per heavy atom. The Kier molecular flexibility index (Phi) is 3.50. The fourth-order valence-electron chi connectivity index (χ4n) is 1.98. The van der Waals surface area contributed by atoms with E-state index in [1.807, 2.05) is 53.2 Å². The lowest BCUT2D eigenvalue weighted by Crippen LogP contribution is -2.15. The van der Waals surface area contributed by atoms with Crippen molar-refractivity contribution in [3.05, 3.63) is 69.1 Å². The molecule has 96 valence electrons. The van der Waals surface area contributed by atoms with Crippen LogP contribution in [-0.2, 0) is 0 Å². The number of halogens is 1. The van der Waals surface area contributed by atoms with E-state index in [1.165, 1.54) is 0 Å². The Morgan fingerprint density at radius 3 is 2.58 bits per heavy atom. The summed E-state index contributed by atoms with van der Waals surface area (Å²) in [5.74, 6) is 0. The average Bonchev–Trinajstić information content (AvgIpc) is 3.07. The van der Waals surface area contributed by atoms with Gasteiger partial charge in [-0.1, -0.05) is 18.2 Å². The third-order valence-electron chi connectivity index (χ3n) is 2.89. The zero-order valence-electron chi connectivity index (χ0n) is 10.0. The van der Waals surface area contributed by atoms with Gasteiger partial charge in [0.2, 0.25) is 0 Å². The molecule has 0 aliphatic heterocycles. The van der Waals surface area contributed by atoms with Gasteiger partial charge in [0.05, 0.1) is 21.2 Å². The van der Waals surface area contributed by atoms with Crippen molar-refractivity contribution in [1.29, 1.82) is 0 Å². The van der Waals surface area contributed by atoms with Gasteiger partial charge in [-0.15, -0.1) is 11.3 Å². The molecule has 3 nitrogen and oxygen atoms in total. The molecule has 2 heterocycles. The van der Waals surface area contributed by atoms with Crippen molar-refractivity contribution in [2.75, 3.05) is 0 Å². The van der Waals surface area contributed by atoms with Crippen molar-refractivity contribution in [2.45, 2.75) is 6.04 Å². The second-order valence-corrected chi connectivity index (χ2v) is 6.62. The predicted octanol–water partition coefficient (Wildman–Crippen LogP) is 3.74. The molecule has 0 saturated carbocycles. The van der Waals surface area contributed by atoms with Gasteiger partial charge in [0, 0.05) is 11.1 Å². The van der Waals surface area contributed by atoms with Crippen LogP contribution in [0.5, 0.6) is 0 Å². The molecule has 0 spiro atoms. The Morgan fingerprint density at radius 2 is 1.89 bits per heavy atom. The number of aromatic nitrogens is 2. The summed E-state index contributed by atoms with van der Waals surface area (Å²) in [6.45, 7) is 0. The van der Waals surface area contributed by atoms with Crippen LogP contribution in [0.15, 0.2) is 58.5 Å². The molecule has 19 heavy (non-hydrogen) atoms. The summed E-state index contributed by atoms with van der Waals surface area (Å²) in [5.41, 5.74) is 8.35. The van der Waals surface area contributed by atoms with Gasteiger partial charge in [0.25, 0.3) is 0 Å². The fraction of sp³-hybridized carbons (Fsp3) is 0.0714. The lowest BCUT2D eigenvalue weighted by molar-refractivity contribution is 0.748. The van der Waals surface area contributed by atoms with Gasteiger partial charge in [-0.05, 0) is 46.3 Å². The van der Waals surface area contributed by atoms with E-state index < -0.39 is 0 Å². The van der Waals surface area contributed by atoms with Crippen LogP contribution in [0.4, 0.5) is 0 Å². The monoisotopic (exact) mass is 333 g/mol. The molecule has 1 atom stereocenters. The van der Waals surface area contributed by atoms with Crippen molar-refractivity contribution < 1.29 is 0 Å². The molecule has 0 saturated heterocycles. The Hall–Kier alpha value is -1.43. The molecule has 1 aromatic carbocycles. The molecule has 0 bridgehead atoms. The minimum absolute atomic E-state index is 0.168. The molecule has 0 amide bonds. The van der Waals surface area contributed by atoms with Gasteiger partial charge >= 0.3 is 0 Å². The number of para-hydroxylation sites is 1. The summed E-state index contributed by atoms with van der Waals surface area (Å²) in [6.07, 6.45) is 1.78. The number of thiophene rings is 1. The van der Waals surface area contributed by atoms with Crippen LogP contribution in [0, 0.1) is 0 Å². The van der Waals surface area contributed by atoms with Crippen LogP contribution >= 0.6 is 27.3 Å². The van der Waals surface area contributed by atoms with E-state index in [9.17, 15) is 0 Å². The molecule has 0 aliphatic rings. The molecule has 5 heteroatoms. The van der Waals surface area contributed by atoms with Crippen LogP contribution in [-0.4, -0.2) is 9.78 Å². The van der Waals surface area contributed by atoms with Crippen LogP contribution < -0.4 is 5.73 Å². The Labute approximate surface area is 123 Å². The third-order valence-corrected chi connectivity index (χ3v) is 4.60.